The Bertz CT molecular complexity index is 1120. The minimum Gasteiger partial charge on any atom is -0.325 e. The van der Waals surface area contributed by atoms with Gasteiger partial charge in [-0.1, -0.05) is 41.6 Å². The van der Waals surface area contributed by atoms with E-state index in [0.717, 1.165) is 29.7 Å². The Morgan fingerprint density at radius 1 is 1.21 bits per heavy atom. The van der Waals surface area contributed by atoms with Gasteiger partial charge in [0, 0.05) is 11.7 Å². The predicted octanol–water partition coefficient (Wildman–Crippen LogP) is 4.47. The van der Waals surface area contributed by atoms with Crippen LogP contribution in [0.25, 0.3) is 10.9 Å². The summed E-state index contributed by atoms with van der Waals surface area (Å²) in [5, 5.41) is 3.87. The molecular weight excluding hydrogens is 370 g/mol. The minimum absolute atomic E-state index is 0.0161. The number of amides is 1. The summed E-state index contributed by atoms with van der Waals surface area (Å²) in [6.45, 7) is 5.86. The number of para-hydroxylation sites is 1. The first kappa shape index (κ1) is 18.7. The molecule has 3 aromatic rings. The number of benzene rings is 2. The van der Waals surface area contributed by atoms with Crippen molar-refractivity contribution in [1.82, 2.24) is 9.55 Å². The number of fused-ring (bicyclic) bond motifs is 1. The Morgan fingerprint density at radius 2 is 1.96 bits per heavy atom. The average Bonchev–Trinajstić information content (AvgIpc) is 3.49. The molecule has 6 heteroatoms. The van der Waals surface area contributed by atoms with Gasteiger partial charge in [0.05, 0.1) is 16.2 Å². The lowest BCUT2D eigenvalue weighted by molar-refractivity contribution is -0.115. The maximum absolute atomic E-state index is 13.0. The molecule has 1 unspecified atom stereocenters. The zero-order valence-corrected chi connectivity index (χ0v) is 17.0. The molecule has 0 aliphatic heterocycles. The van der Waals surface area contributed by atoms with Crippen molar-refractivity contribution in [3.05, 3.63) is 63.9 Å². The van der Waals surface area contributed by atoms with Crippen molar-refractivity contribution in [2.45, 2.75) is 50.1 Å². The molecule has 1 N–H and O–H groups in total. The fourth-order valence-corrected chi connectivity index (χ4v) is 4.24. The predicted molar refractivity (Wildman–Crippen MR) is 114 cm³/mol. The third-order valence-electron chi connectivity index (χ3n) is 4.98. The van der Waals surface area contributed by atoms with E-state index in [-0.39, 0.29) is 22.8 Å². The van der Waals surface area contributed by atoms with Crippen LogP contribution in [0.5, 0.6) is 0 Å². The van der Waals surface area contributed by atoms with E-state index in [1.54, 1.807) is 4.57 Å². The van der Waals surface area contributed by atoms with Gasteiger partial charge < -0.3 is 5.32 Å². The highest BCUT2D eigenvalue weighted by atomic mass is 32.2. The van der Waals surface area contributed by atoms with Crippen molar-refractivity contribution in [2.24, 2.45) is 0 Å². The van der Waals surface area contributed by atoms with E-state index in [0.29, 0.717) is 16.1 Å². The van der Waals surface area contributed by atoms with Crippen LogP contribution in [0.1, 0.15) is 36.9 Å². The zero-order chi connectivity index (χ0) is 19.8. The quantitative estimate of drug-likeness (QED) is 0.513. The number of nitrogens with zero attached hydrogens (tertiary/aromatic N) is 2. The highest BCUT2D eigenvalue weighted by molar-refractivity contribution is 8.00. The summed E-state index contributed by atoms with van der Waals surface area (Å²) in [4.78, 5) is 30.4. The van der Waals surface area contributed by atoms with Gasteiger partial charge in [-0.15, -0.1) is 0 Å². The van der Waals surface area contributed by atoms with Crippen molar-refractivity contribution in [2.75, 3.05) is 5.32 Å². The summed E-state index contributed by atoms with van der Waals surface area (Å²) >= 11 is 1.34. The molecule has 0 saturated heterocycles. The number of carbonyl (C=O) groups is 1. The van der Waals surface area contributed by atoms with E-state index in [1.807, 2.05) is 63.2 Å². The number of hydrogen-bond donors (Lipinski definition) is 1. The average molecular weight is 394 g/mol. The van der Waals surface area contributed by atoms with Crippen LogP contribution >= 0.6 is 11.8 Å². The molecule has 0 bridgehead atoms. The zero-order valence-electron chi connectivity index (χ0n) is 16.2. The second kappa shape index (κ2) is 7.43. The second-order valence-corrected chi connectivity index (χ2v) is 8.69. The Balaban J connectivity index is 1.61. The molecule has 1 aliphatic rings. The molecule has 1 fully saturated rings. The van der Waals surface area contributed by atoms with E-state index in [2.05, 4.69) is 5.32 Å². The van der Waals surface area contributed by atoms with Crippen LogP contribution in [-0.2, 0) is 4.79 Å². The van der Waals surface area contributed by atoms with E-state index < -0.39 is 0 Å². The van der Waals surface area contributed by atoms with Gasteiger partial charge in [-0.05, 0) is 57.4 Å². The molecule has 1 amide bonds. The number of carbonyl (C=O) groups excluding carboxylic acids is 1. The first-order valence-corrected chi connectivity index (χ1v) is 10.4. The molecular formula is C22H23N3O2S. The molecule has 1 heterocycles. The van der Waals surface area contributed by atoms with Gasteiger partial charge in [0.1, 0.15) is 0 Å². The van der Waals surface area contributed by atoms with Gasteiger partial charge in [-0.25, -0.2) is 4.98 Å². The van der Waals surface area contributed by atoms with Crippen molar-refractivity contribution in [3.63, 3.8) is 0 Å². The van der Waals surface area contributed by atoms with Gasteiger partial charge in [0.15, 0.2) is 5.16 Å². The number of aryl methyl sites for hydroxylation is 2. The van der Waals surface area contributed by atoms with Crippen LogP contribution < -0.4 is 10.9 Å². The van der Waals surface area contributed by atoms with Crippen molar-refractivity contribution in [3.8, 4) is 0 Å². The fourth-order valence-electron chi connectivity index (χ4n) is 3.26. The Hall–Kier alpha value is -2.60. The number of nitrogens with one attached hydrogen (secondary N) is 1. The van der Waals surface area contributed by atoms with Gasteiger partial charge in [0.25, 0.3) is 5.56 Å². The Kier molecular flexibility index (Phi) is 4.98. The summed E-state index contributed by atoms with van der Waals surface area (Å²) in [7, 11) is 0. The highest BCUT2D eigenvalue weighted by Crippen LogP contribution is 2.37. The maximum atomic E-state index is 13.0. The lowest BCUT2D eigenvalue weighted by atomic mass is 10.1. The second-order valence-electron chi connectivity index (χ2n) is 7.39. The summed E-state index contributed by atoms with van der Waals surface area (Å²) < 4.78 is 1.77. The van der Waals surface area contributed by atoms with Crippen LogP contribution in [0.4, 0.5) is 5.69 Å². The number of anilines is 1. The monoisotopic (exact) mass is 393 g/mol. The van der Waals surface area contributed by atoms with E-state index >= 15 is 0 Å². The summed E-state index contributed by atoms with van der Waals surface area (Å²) in [5.74, 6) is -0.0956. The Labute approximate surface area is 168 Å². The third-order valence-corrected chi connectivity index (χ3v) is 6.05. The SMILES string of the molecule is Cc1ccc(NC(=O)C(C)Sc2nc3ccccc3c(=O)n2C2CC2)c(C)c1. The van der Waals surface area contributed by atoms with Crippen LogP contribution in [0.3, 0.4) is 0 Å². The summed E-state index contributed by atoms with van der Waals surface area (Å²) in [6.07, 6.45) is 1.97. The summed E-state index contributed by atoms with van der Waals surface area (Å²) in [6, 6.07) is 13.5. The molecule has 1 saturated carbocycles. The normalized spacial score (nSPS) is 14.8. The molecule has 2 aromatic carbocycles. The molecule has 28 heavy (non-hydrogen) atoms. The van der Waals surface area contributed by atoms with Crippen LogP contribution in [0.2, 0.25) is 0 Å². The molecule has 4 rings (SSSR count). The van der Waals surface area contributed by atoms with E-state index in [4.69, 9.17) is 4.98 Å². The van der Waals surface area contributed by atoms with Crippen LogP contribution in [-0.4, -0.2) is 20.7 Å². The summed E-state index contributed by atoms with van der Waals surface area (Å²) in [5.41, 5.74) is 3.66. The van der Waals surface area contributed by atoms with Gasteiger partial charge in [-0.3, -0.25) is 14.2 Å². The van der Waals surface area contributed by atoms with Crippen molar-refractivity contribution >= 4 is 34.3 Å². The number of hydrogen-bond acceptors (Lipinski definition) is 4. The van der Waals surface area contributed by atoms with Crippen LogP contribution in [0, 0.1) is 13.8 Å². The molecule has 1 atom stereocenters. The van der Waals surface area contributed by atoms with Gasteiger partial charge >= 0.3 is 0 Å². The standard InChI is InChI=1S/C22H23N3O2S/c1-13-8-11-18(14(2)12-13)23-20(26)15(3)28-22-24-19-7-5-4-6-17(19)21(27)25(22)16-9-10-16/h4-8,11-12,15-16H,9-10H2,1-3H3,(H,23,26). The lowest BCUT2D eigenvalue weighted by Crippen LogP contribution is -2.26. The largest absolute Gasteiger partial charge is 0.325 e. The minimum atomic E-state index is -0.376. The fraction of sp³-hybridized carbons (Fsp3) is 0.318. The molecule has 1 aromatic heterocycles. The van der Waals surface area contributed by atoms with Gasteiger partial charge in [-0.2, -0.15) is 0 Å². The van der Waals surface area contributed by atoms with Crippen molar-refractivity contribution in [1.29, 1.82) is 0 Å². The smallest absolute Gasteiger partial charge is 0.262 e. The molecule has 5 nitrogen and oxygen atoms in total. The van der Waals surface area contributed by atoms with E-state index in [1.165, 1.54) is 11.8 Å². The number of thioether (sulfide) groups is 1. The van der Waals surface area contributed by atoms with Crippen LogP contribution in [0.15, 0.2) is 52.4 Å². The molecule has 144 valence electrons. The topological polar surface area (TPSA) is 64.0 Å². The highest BCUT2D eigenvalue weighted by Gasteiger charge is 2.30. The lowest BCUT2D eigenvalue weighted by Gasteiger charge is -2.17. The number of aromatic nitrogens is 2. The Morgan fingerprint density at radius 3 is 2.68 bits per heavy atom. The maximum Gasteiger partial charge on any atom is 0.262 e. The van der Waals surface area contributed by atoms with Gasteiger partial charge in [0.2, 0.25) is 5.91 Å². The first-order valence-electron chi connectivity index (χ1n) is 9.50. The third kappa shape index (κ3) is 3.69. The molecule has 1 aliphatic carbocycles. The van der Waals surface area contributed by atoms with Crippen molar-refractivity contribution < 1.29 is 4.79 Å². The van der Waals surface area contributed by atoms with E-state index in [9.17, 15) is 9.59 Å². The molecule has 0 spiro atoms. The molecule has 0 radical (unpaired) electrons. The first-order chi connectivity index (χ1) is 13.4. The number of rotatable bonds is 5.